The molecule has 0 bridgehead atoms. The van der Waals surface area contributed by atoms with Gasteiger partial charge in [-0.2, -0.15) is 5.26 Å². The van der Waals surface area contributed by atoms with Crippen molar-refractivity contribution in [3.63, 3.8) is 0 Å². The van der Waals surface area contributed by atoms with Crippen LogP contribution in [0.5, 0.6) is 0 Å². The van der Waals surface area contributed by atoms with E-state index in [4.69, 9.17) is 11.6 Å². The van der Waals surface area contributed by atoms with Gasteiger partial charge in [0, 0.05) is 15.6 Å². The lowest BCUT2D eigenvalue weighted by Gasteiger charge is -2.11. The van der Waals surface area contributed by atoms with E-state index in [0.717, 1.165) is 10.6 Å². The molecule has 0 aliphatic heterocycles. The highest BCUT2D eigenvalue weighted by atomic mass is 35.5. The van der Waals surface area contributed by atoms with Crippen LogP contribution in [0.3, 0.4) is 0 Å². The molecule has 0 saturated heterocycles. The summed E-state index contributed by atoms with van der Waals surface area (Å²) in [5, 5.41) is 12.7. The molecule has 0 fully saturated rings. The first-order valence-corrected chi connectivity index (χ1v) is 7.39. The Hall–Kier alpha value is -1.70. The molecule has 102 valence electrons. The van der Waals surface area contributed by atoms with E-state index >= 15 is 0 Å². The molecule has 0 aromatic heterocycles. The predicted molar refractivity (Wildman–Crippen MR) is 82.2 cm³/mol. The average molecular weight is 307 g/mol. The fraction of sp³-hybridized carbons (Fsp3) is 0.133. The molecule has 2 nitrogen and oxygen atoms in total. The number of benzene rings is 2. The number of hydrogen-bond donors (Lipinski definition) is 1. The van der Waals surface area contributed by atoms with Crippen LogP contribution >= 0.6 is 23.4 Å². The van der Waals surface area contributed by atoms with Crippen molar-refractivity contribution in [3.8, 4) is 6.07 Å². The molecule has 0 radical (unpaired) electrons. The van der Waals surface area contributed by atoms with Gasteiger partial charge < -0.3 is 5.32 Å². The van der Waals surface area contributed by atoms with E-state index in [1.54, 1.807) is 23.9 Å². The predicted octanol–water partition coefficient (Wildman–Crippen LogP) is 5.21. The summed E-state index contributed by atoms with van der Waals surface area (Å²) < 4.78 is 13.3. The lowest BCUT2D eigenvalue weighted by Crippen LogP contribution is -1.96. The maximum atomic E-state index is 13.3. The summed E-state index contributed by atoms with van der Waals surface area (Å²) in [7, 11) is 0. The second kappa shape index (κ2) is 6.65. The second-order valence-corrected chi connectivity index (χ2v) is 5.75. The molecular formula is C15H12ClFN2S. The fourth-order valence-electron chi connectivity index (χ4n) is 1.81. The lowest BCUT2D eigenvalue weighted by molar-refractivity contribution is 0.628. The van der Waals surface area contributed by atoms with E-state index in [0.29, 0.717) is 22.0 Å². The van der Waals surface area contributed by atoms with Crippen molar-refractivity contribution in [2.45, 2.75) is 11.8 Å². The first-order valence-electron chi connectivity index (χ1n) is 6.03. The van der Waals surface area contributed by atoms with E-state index in [1.165, 1.54) is 12.1 Å². The van der Waals surface area contributed by atoms with Gasteiger partial charge in [0.2, 0.25) is 0 Å². The molecule has 0 spiro atoms. The Morgan fingerprint density at radius 3 is 2.80 bits per heavy atom. The van der Waals surface area contributed by atoms with Crippen LogP contribution in [0.4, 0.5) is 15.8 Å². The molecule has 0 saturated carbocycles. The van der Waals surface area contributed by atoms with E-state index < -0.39 is 5.82 Å². The monoisotopic (exact) mass is 306 g/mol. The van der Waals surface area contributed by atoms with Crippen LogP contribution in [0.15, 0.2) is 41.3 Å². The first kappa shape index (κ1) is 14.7. The summed E-state index contributed by atoms with van der Waals surface area (Å²) in [6.45, 7) is 2.03. The Kier molecular flexibility index (Phi) is 4.89. The van der Waals surface area contributed by atoms with Crippen molar-refractivity contribution in [1.29, 1.82) is 5.26 Å². The third kappa shape index (κ3) is 3.44. The van der Waals surface area contributed by atoms with Crippen LogP contribution in [0, 0.1) is 17.1 Å². The molecule has 20 heavy (non-hydrogen) atoms. The van der Waals surface area contributed by atoms with Crippen LogP contribution in [0.1, 0.15) is 12.5 Å². The average Bonchev–Trinajstić information content (AvgIpc) is 2.38. The highest BCUT2D eigenvalue weighted by Gasteiger charge is 2.09. The number of rotatable bonds is 4. The normalized spacial score (nSPS) is 10.1. The van der Waals surface area contributed by atoms with E-state index in [1.807, 2.05) is 19.1 Å². The molecule has 0 aliphatic carbocycles. The maximum Gasteiger partial charge on any atom is 0.126 e. The largest absolute Gasteiger partial charge is 0.354 e. The minimum atomic E-state index is -0.419. The van der Waals surface area contributed by atoms with Crippen LogP contribution in [-0.2, 0) is 0 Å². The Balaban J connectivity index is 2.38. The highest BCUT2D eigenvalue weighted by molar-refractivity contribution is 7.99. The smallest absolute Gasteiger partial charge is 0.126 e. The minimum Gasteiger partial charge on any atom is -0.354 e. The zero-order chi connectivity index (χ0) is 14.5. The third-order valence-corrected chi connectivity index (χ3v) is 3.74. The molecule has 2 aromatic carbocycles. The van der Waals surface area contributed by atoms with Gasteiger partial charge in [-0.15, -0.1) is 11.8 Å². The molecule has 5 heteroatoms. The lowest BCUT2D eigenvalue weighted by atomic mass is 10.2. The SMILES string of the molecule is CCSc1cccc(Nc2cc(F)cc(Cl)c2)c1C#N. The Bertz CT molecular complexity index is 647. The van der Waals surface area contributed by atoms with Gasteiger partial charge in [0.15, 0.2) is 0 Å². The molecule has 2 rings (SSSR count). The van der Waals surface area contributed by atoms with Gasteiger partial charge >= 0.3 is 0 Å². The summed E-state index contributed by atoms with van der Waals surface area (Å²) >= 11 is 7.42. The first-order chi connectivity index (χ1) is 9.63. The Morgan fingerprint density at radius 1 is 1.35 bits per heavy atom. The van der Waals surface area contributed by atoms with Gasteiger partial charge in [0.25, 0.3) is 0 Å². The number of nitriles is 1. The molecule has 2 aromatic rings. The number of nitrogens with one attached hydrogen (secondary N) is 1. The van der Waals surface area contributed by atoms with Crippen LogP contribution in [-0.4, -0.2) is 5.75 Å². The van der Waals surface area contributed by atoms with Gasteiger partial charge in [-0.1, -0.05) is 24.6 Å². The van der Waals surface area contributed by atoms with Crippen molar-refractivity contribution in [2.24, 2.45) is 0 Å². The molecule has 1 N–H and O–H groups in total. The van der Waals surface area contributed by atoms with Crippen LogP contribution < -0.4 is 5.32 Å². The number of nitrogens with zero attached hydrogens (tertiary/aromatic N) is 1. The van der Waals surface area contributed by atoms with Crippen LogP contribution in [0.2, 0.25) is 5.02 Å². The van der Waals surface area contributed by atoms with Crippen LogP contribution in [0.25, 0.3) is 0 Å². The molecule has 0 heterocycles. The molecule has 0 unspecified atom stereocenters. The standard InChI is InChI=1S/C15H12ClFN2S/c1-2-20-15-5-3-4-14(13(15)9-18)19-12-7-10(16)6-11(17)8-12/h3-8,19H,2H2,1H3. The number of anilines is 2. The van der Waals surface area contributed by atoms with Crippen molar-refractivity contribution < 1.29 is 4.39 Å². The number of halogens is 2. The van der Waals surface area contributed by atoms with Gasteiger partial charge in [0.1, 0.15) is 11.9 Å². The van der Waals surface area contributed by atoms with Crippen molar-refractivity contribution in [2.75, 3.05) is 11.1 Å². The van der Waals surface area contributed by atoms with Gasteiger partial charge in [0.05, 0.1) is 11.3 Å². The van der Waals surface area contributed by atoms with E-state index in [9.17, 15) is 9.65 Å². The van der Waals surface area contributed by atoms with Gasteiger partial charge in [-0.25, -0.2) is 4.39 Å². The molecule has 0 amide bonds. The number of hydrogen-bond acceptors (Lipinski definition) is 3. The minimum absolute atomic E-state index is 0.310. The van der Waals surface area contributed by atoms with Gasteiger partial charge in [-0.3, -0.25) is 0 Å². The summed E-state index contributed by atoms with van der Waals surface area (Å²) in [5.74, 6) is 0.460. The summed E-state index contributed by atoms with van der Waals surface area (Å²) in [5.41, 5.74) is 1.72. The summed E-state index contributed by atoms with van der Waals surface area (Å²) in [6, 6.07) is 11.9. The van der Waals surface area contributed by atoms with Crippen molar-refractivity contribution >= 4 is 34.7 Å². The quantitative estimate of drug-likeness (QED) is 0.788. The summed E-state index contributed by atoms with van der Waals surface area (Å²) in [6.07, 6.45) is 0. The van der Waals surface area contributed by atoms with E-state index in [-0.39, 0.29) is 0 Å². The Labute approximate surface area is 126 Å². The second-order valence-electron chi connectivity index (χ2n) is 4.01. The number of thioether (sulfide) groups is 1. The third-order valence-electron chi connectivity index (χ3n) is 2.58. The Morgan fingerprint density at radius 2 is 2.15 bits per heavy atom. The van der Waals surface area contributed by atoms with E-state index in [2.05, 4.69) is 11.4 Å². The zero-order valence-corrected chi connectivity index (χ0v) is 12.4. The topological polar surface area (TPSA) is 35.8 Å². The van der Waals surface area contributed by atoms with Crippen molar-refractivity contribution in [1.82, 2.24) is 0 Å². The molecular weight excluding hydrogens is 295 g/mol. The van der Waals surface area contributed by atoms with Crippen molar-refractivity contribution in [3.05, 3.63) is 52.8 Å². The van der Waals surface area contributed by atoms with Gasteiger partial charge in [-0.05, 0) is 36.1 Å². The fourth-order valence-corrected chi connectivity index (χ4v) is 2.82. The molecule has 0 atom stereocenters. The highest BCUT2D eigenvalue weighted by Crippen LogP contribution is 2.30. The summed E-state index contributed by atoms with van der Waals surface area (Å²) in [4.78, 5) is 0.905. The molecule has 0 aliphatic rings. The maximum absolute atomic E-state index is 13.3. The zero-order valence-electron chi connectivity index (χ0n) is 10.8.